The highest BCUT2D eigenvalue weighted by atomic mass is 128. The molecule has 0 aliphatic heterocycles. The number of benzene rings is 4. The lowest BCUT2D eigenvalue weighted by molar-refractivity contribution is 0.482. The van der Waals surface area contributed by atoms with Crippen LogP contribution < -0.4 is 10.6 Å². The zero-order chi connectivity index (χ0) is 35.4. The topological polar surface area (TPSA) is 109 Å². The lowest BCUT2D eigenvalue weighted by Gasteiger charge is -2.14. The van der Waals surface area contributed by atoms with E-state index in [4.69, 9.17) is 9.11 Å². The zero-order valence-electron chi connectivity index (χ0n) is 27.3. The van der Waals surface area contributed by atoms with Crippen LogP contribution in [0.2, 0.25) is 0 Å². The minimum absolute atomic E-state index is 0.201. The van der Waals surface area contributed by atoms with Gasteiger partial charge in [0, 0.05) is 37.2 Å². The average molecular weight is 933 g/mol. The monoisotopic (exact) mass is 932 g/mol. The maximum absolute atomic E-state index is 9.56. The number of rotatable bonds is 9. The second-order valence-electron chi connectivity index (χ2n) is 8.49. The maximum atomic E-state index is 9.56. The molecule has 0 aromatic heterocycles. The first kappa shape index (κ1) is 47.1. The van der Waals surface area contributed by atoms with Crippen LogP contribution in [0.4, 0.5) is 0 Å². The van der Waals surface area contributed by atoms with Gasteiger partial charge in [0.1, 0.15) is 0 Å². The summed E-state index contributed by atoms with van der Waals surface area (Å²) in [5, 5.41) is 2.85. The smallest absolute Gasteiger partial charge is 0.264 e. The van der Waals surface area contributed by atoms with Crippen LogP contribution in [0.5, 0.6) is 0 Å². The minimum Gasteiger partial charge on any atom is -0.286 e. The molecule has 0 saturated carbocycles. The van der Waals surface area contributed by atoms with E-state index < -0.39 is 20.2 Å². The molecule has 12 heteroatoms. The van der Waals surface area contributed by atoms with Crippen molar-refractivity contribution in [2.45, 2.75) is 53.9 Å². The molecule has 2 N–H and O–H groups in total. The zero-order valence-corrected chi connectivity index (χ0v) is 35.3. The van der Waals surface area contributed by atoms with Gasteiger partial charge in [-0.15, -0.1) is 0 Å². The van der Waals surface area contributed by atoms with Crippen LogP contribution in [0, 0.1) is 0 Å². The summed E-state index contributed by atoms with van der Waals surface area (Å²) in [6, 6.07) is 39.5. The van der Waals surface area contributed by atoms with Gasteiger partial charge >= 0.3 is 0 Å². The van der Waals surface area contributed by atoms with E-state index in [-0.39, 0.29) is 11.5 Å². The Kier molecular flexibility index (Phi) is 29.7. The third kappa shape index (κ3) is 23.4. The molecule has 0 bridgehead atoms. The van der Waals surface area contributed by atoms with Crippen molar-refractivity contribution in [2.75, 3.05) is 11.5 Å². The van der Waals surface area contributed by atoms with E-state index in [1.807, 2.05) is 27.7 Å². The fraction of sp³-hybridized carbons (Fsp3) is 0.294. The molecule has 4 rings (SSSR count). The van der Waals surface area contributed by atoms with Gasteiger partial charge in [-0.05, 0) is 59.0 Å². The third-order valence-corrected chi connectivity index (χ3v) is 9.63. The van der Waals surface area contributed by atoms with Crippen LogP contribution >= 0.6 is 54.4 Å². The largest absolute Gasteiger partial charge is 0.286 e. The highest BCUT2D eigenvalue weighted by molar-refractivity contribution is 15.0. The SMILES string of the molecule is CC.CC.CCS(=O)(=O)O.CCS(=O)(=O)O.II.c1ccc(PCc2ccccc2-c2ccccc2CPc2ccccc2)cc1. The Morgan fingerprint density at radius 1 is 0.500 bits per heavy atom. The predicted octanol–water partition coefficient (Wildman–Crippen LogP) is 9.97. The average Bonchev–Trinajstić information content (AvgIpc) is 3.10. The predicted molar refractivity (Wildman–Crippen MR) is 223 cm³/mol. The summed E-state index contributed by atoms with van der Waals surface area (Å²) in [6.07, 6.45) is 2.19. The summed E-state index contributed by atoms with van der Waals surface area (Å²) in [5.74, 6) is -0.403. The molecule has 2 unspecified atom stereocenters. The van der Waals surface area contributed by atoms with Crippen LogP contribution in [0.25, 0.3) is 11.1 Å². The van der Waals surface area contributed by atoms with E-state index in [1.54, 1.807) is 0 Å². The second kappa shape index (κ2) is 29.0. The van der Waals surface area contributed by atoms with Crippen molar-refractivity contribution in [3.05, 3.63) is 120 Å². The van der Waals surface area contributed by atoms with Gasteiger partial charge in [-0.2, -0.15) is 16.8 Å². The maximum Gasteiger partial charge on any atom is 0.264 e. The Bertz CT molecular complexity index is 1410. The molecule has 0 aliphatic carbocycles. The summed E-state index contributed by atoms with van der Waals surface area (Å²) in [4.78, 5) is 0. The quantitative estimate of drug-likeness (QED) is 0.0984. The van der Waals surface area contributed by atoms with E-state index >= 15 is 0 Å². The molecular weight excluding hydrogens is 884 g/mol. The Hall–Kier alpha value is -0.980. The Labute approximate surface area is 305 Å². The summed E-state index contributed by atoms with van der Waals surface area (Å²) in [7, 11) is -5.72. The van der Waals surface area contributed by atoms with Gasteiger partial charge in [0.05, 0.1) is 11.5 Å². The molecule has 0 aliphatic rings. The van der Waals surface area contributed by atoms with E-state index in [0.717, 1.165) is 29.5 Å². The van der Waals surface area contributed by atoms with Crippen molar-refractivity contribution in [3.63, 3.8) is 0 Å². The van der Waals surface area contributed by atoms with Gasteiger partial charge < -0.3 is 0 Å². The van der Waals surface area contributed by atoms with Crippen molar-refractivity contribution in [1.82, 2.24) is 0 Å². The highest BCUT2D eigenvalue weighted by Gasteiger charge is 2.09. The molecule has 46 heavy (non-hydrogen) atoms. The van der Waals surface area contributed by atoms with Crippen LogP contribution in [-0.4, -0.2) is 37.4 Å². The molecule has 6 nitrogen and oxygen atoms in total. The van der Waals surface area contributed by atoms with Gasteiger partial charge in [-0.1, -0.05) is 154 Å². The molecule has 2 atom stereocenters. The Morgan fingerprint density at radius 2 is 0.739 bits per heavy atom. The fourth-order valence-electron chi connectivity index (χ4n) is 3.38. The number of hydrogen-bond acceptors (Lipinski definition) is 4. The molecule has 0 radical (unpaired) electrons. The molecule has 0 spiro atoms. The molecule has 0 saturated heterocycles. The molecule has 4 aromatic carbocycles. The van der Waals surface area contributed by atoms with Gasteiger partial charge in [0.25, 0.3) is 20.2 Å². The minimum atomic E-state index is -3.66. The van der Waals surface area contributed by atoms with Crippen molar-refractivity contribution in [1.29, 1.82) is 0 Å². The highest BCUT2D eigenvalue weighted by Crippen LogP contribution is 2.33. The van der Waals surface area contributed by atoms with Gasteiger partial charge in [-0.3, -0.25) is 9.11 Å². The van der Waals surface area contributed by atoms with Crippen molar-refractivity contribution >= 4 is 85.2 Å². The summed E-state index contributed by atoms with van der Waals surface area (Å²) in [5.41, 5.74) is 5.67. The van der Waals surface area contributed by atoms with Crippen LogP contribution in [0.3, 0.4) is 0 Å². The first-order chi connectivity index (χ1) is 22.0. The molecule has 0 heterocycles. The lowest BCUT2D eigenvalue weighted by Crippen LogP contribution is -1.97. The second-order valence-corrected chi connectivity index (χ2v) is 14.5. The van der Waals surface area contributed by atoms with Gasteiger partial charge in [0.2, 0.25) is 0 Å². The molecular formula is C34H48I2O6P2S2. The van der Waals surface area contributed by atoms with Crippen molar-refractivity contribution in [3.8, 4) is 11.1 Å². The standard InChI is InChI=1S/C26H24P2.2C2H6O3S.2C2H6.I2/c1-3-13-23(14-4-1)27-19-21-11-7-9-17-25(21)26-18-10-8-12-22(26)20-28-24-15-5-2-6-16-24;2*1-2-6(3,4)5;3*1-2/h1-18,27-28H,19-20H2;2*2H2,1H3,(H,3,4,5);2*1-2H3;. The number of hydrogen-bond donors (Lipinski definition) is 2. The van der Waals surface area contributed by atoms with Gasteiger partial charge in [-0.25, -0.2) is 0 Å². The Balaban J connectivity index is 0. The first-order valence-electron chi connectivity index (χ1n) is 14.8. The Morgan fingerprint density at radius 3 is 1.00 bits per heavy atom. The van der Waals surface area contributed by atoms with Crippen LogP contribution in [0.1, 0.15) is 52.7 Å². The first-order valence-corrected chi connectivity index (χ1v) is 26.7. The van der Waals surface area contributed by atoms with E-state index in [0.29, 0.717) is 0 Å². The molecule has 0 fully saturated rings. The number of halogens is 2. The van der Waals surface area contributed by atoms with Crippen LogP contribution in [-0.2, 0) is 32.6 Å². The van der Waals surface area contributed by atoms with Crippen molar-refractivity contribution in [2.24, 2.45) is 0 Å². The fourth-order valence-corrected chi connectivity index (χ4v) is 5.64. The third-order valence-electron chi connectivity index (χ3n) is 5.57. The molecule has 256 valence electrons. The van der Waals surface area contributed by atoms with Crippen LogP contribution in [0.15, 0.2) is 109 Å². The molecule has 0 amide bonds. The lowest BCUT2D eigenvalue weighted by atomic mass is 9.97. The van der Waals surface area contributed by atoms with E-state index in [1.165, 1.54) is 46.7 Å². The van der Waals surface area contributed by atoms with Crippen molar-refractivity contribution < 1.29 is 25.9 Å². The summed E-state index contributed by atoms with van der Waals surface area (Å²) < 4.78 is 53.8. The summed E-state index contributed by atoms with van der Waals surface area (Å²) in [6.45, 7) is 10.7. The molecule has 4 aromatic rings. The van der Waals surface area contributed by atoms with E-state index in [2.05, 4.69) is 146 Å². The normalized spacial score (nSPS) is 10.5. The summed E-state index contributed by atoms with van der Waals surface area (Å²) >= 11 is 4.24. The van der Waals surface area contributed by atoms with E-state index in [9.17, 15) is 16.8 Å². The van der Waals surface area contributed by atoms with Gasteiger partial charge in [0.15, 0.2) is 0 Å².